The zero-order valence-corrected chi connectivity index (χ0v) is 15.7. The van der Waals surface area contributed by atoms with Crippen LogP contribution < -0.4 is 0 Å². The summed E-state index contributed by atoms with van der Waals surface area (Å²) in [5.74, 6) is -1.58. The SMILES string of the molecule is CCOC(=O)C1=C(/C=C/c2ccccc2)OC(=O)C[C@H]1c1ccc([N+](=O)[O-])cc1. The lowest BCUT2D eigenvalue weighted by atomic mass is 9.85. The Labute approximate surface area is 167 Å². The van der Waals surface area contributed by atoms with E-state index in [1.165, 1.54) is 12.1 Å². The lowest BCUT2D eigenvalue weighted by molar-refractivity contribution is -0.384. The largest absolute Gasteiger partial charge is 0.463 e. The molecule has 0 N–H and O–H groups in total. The van der Waals surface area contributed by atoms with Crippen LogP contribution in [0.4, 0.5) is 5.69 Å². The van der Waals surface area contributed by atoms with Gasteiger partial charge in [-0.1, -0.05) is 48.5 Å². The van der Waals surface area contributed by atoms with Gasteiger partial charge in [0.1, 0.15) is 5.76 Å². The van der Waals surface area contributed by atoms with Crippen LogP contribution in [0.1, 0.15) is 30.4 Å². The van der Waals surface area contributed by atoms with Gasteiger partial charge in [0.2, 0.25) is 0 Å². The zero-order chi connectivity index (χ0) is 20.8. The van der Waals surface area contributed by atoms with Crippen LogP contribution in [-0.4, -0.2) is 23.5 Å². The number of non-ortho nitro benzene ring substituents is 1. The molecule has 7 heteroatoms. The second kappa shape index (κ2) is 8.97. The normalized spacial score (nSPS) is 16.6. The van der Waals surface area contributed by atoms with Crippen molar-refractivity contribution in [1.82, 2.24) is 0 Å². The van der Waals surface area contributed by atoms with Crippen molar-refractivity contribution in [3.63, 3.8) is 0 Å². The minimum Gasteiger partial charge on any atom is -0.463 e. The second-order valence-electron chi connectivity index (χ2n) is 6.32. The summed E-state index contributed by atoms with van der Waals surface area (Å²) in [5.41, 5.74) is 1.61. The summed E-state index contributed by atoms with van der Waals surface area (Å²) in [6, 6.07) is 15.1. The van der Waals surface area contributed by atoms with Gasteiger partial charge in [-0.15, -0.1) is 0 Å². The average molecular weight is 393 g/mol. The molecule has 0 spiro atoms. The molecule has 0 fully saturated rings. The van der Waals surface area contributed by atoms with Crippen molar-refractivity contribution in [3.8, 4) is 0 Å². The van der Waals surface area contributed by atoms with Gasteiger partial charge < -0.3 is 9.47 Å². The molecule has 0 radical (unpaired) electrons. The quantitative estimate of drug-likeness (QED) is 0.415. The van der Waals surface area contributed by atoms with Crippen LogP contribution >= 0.6 is 0 Å². The van der Waals surface area contributed by atoms with Crippen molar-refractivity contribution in [2.45, 2.75) is 19.3 Å². The third kappa shape index (κ3) is 4.76. The van der Waals surface area contributed by atoms with E-state index >= 15 is 0 Å². The molecular weight excluding hydrogens is 374 g/mol. The highest BCUT2D eigenvalue weighted by atomic mass is 16.6. The Kier molecular flexibility index (Phi) is 6.19. The molecule has 2 aromatic rings. The first kappa shape index (κ1) is 20.0. The first-order valence-electron chi connectivity index (χ1n) is 9.09. The maximum Gasteiger partial charge on any atom is 0.338 e. The smallest absolute Gasteiger partial charge is 0.338 e. The van der Waals surface area contributed by atoms with E-state index in [9.17, 15) is 19.7 Å². The summed E-state index contributed by atoms with van der Waals surface area (Å²) in [6.07, 6.45) is 3.24. The summed E-state index contributed by atoms with van der Waals surface area (Å²) >= 11 is 0. The molecule has 3 rings (SSSR count). The maximum absolute atomic E-state index is 12.7. The number of hydrogen-bond donors (Lipinski definition) is 0. The lowest BCUT2D eigenvalue weighted by Crippen LogP contribution is -2.25. The number of carbonyl (C=O) groups excluding carboxylic acids is 2. The van der Waals surface area contributed by atoms with Crippen molar-refractivity contribution in [3.05, 3.63) is 93.2 Å². The first-order valence-corrected chi connectivity index (χ1v) is 9.09. The van der Waals surface area contributed by atoms with Crippen molar-refractivity contribution in [1.29, 1.82) is 0 Å². The van der Waals surface area contributed by atoms with Gasteiger partial charge in [0.25, 0.3) is 5.69 Å². The number of nitrogens with zero attached hydrogens (tertiary/aromatic N) is 1. The number of esters is 2. The molecule has 29 heavy (non-hydrogen) atoms. The Hall–Kier alpha value is -3.74. The minimum atomic E-state index is -0.619. The average Bonchev–Trinajstić information content (AvgIpc) is 2.72. The molecule has 0 aromatic heterocycles. The predicted molar refractivity (Wildman–Crippen MR) is 106 cm³/mol. The van der Waals surface area contributed by atoms with E-state index in [-0.39, 0.29) is 30.0 Å². The summed E-state index contributed by atoms with van der Waals surface area (Å²) in [4.78, 5) is 35.3. The number of allylic oxidation sites excluding steroid dienone is 1. The fourth-order valence-electron chi connectivity index (χ4n) is 3.08. The number of hydrogen-bond acceptors (Lipinski definition) is 6. The first-order chi connectivity index (χ1) is 14.0. The van der Waals surface area contributed by atoms with Crippen molar-refractivity contribution < 1.29 is 24.0 Å². The van der Waals surface area contributed by atoms with Crippen molar-refractivity contribution in [2.24, 2.45) is 0 Å². The fourth-order valence-corrected chi connectivity index (χ4v) is 3.08. The number of rotatable bonds is 6. The summed E-state index contributed by atoms with van der Waals surface area (Å²) in [6.45, 7) is 1.85. The van der Waals surface area contributed by atoms with E-state index in [2.05, 4.69) is 0 Å². The molecule has 7 nitrogen and oxygen atoms in total. The van der Waals surface area contributed by atoms with E-state index in [0.717, 1.165) is 5.56 Å². The standard InChI is InChI=1S/C22H19NO6/c1-2-28-22(25)21-18(16-9-11-17(12-10-16)23(26)27)14-20(24)29-19(21)13-8-15-6-4-3-5-7-15/h3-13,18H,2,14H2,1H3/b13-8+/t18-/m0/s1. The van der Waals surface area contributed by atoms with Crippen molar-refractivity contribution >= 4 is 23.7 Å². The maximum atomic E-state index is 12.7. The number of nitro groups is 1. The number of benzene rings is 2. The summed E-state index contributed by atoms with van der Waals surface area (Å²) in [7, 11) is 0. The Bertz CT molecular complexity index is 976. The van der Waals surface area contributed by atoms with E-state index in [1.54, 1.807) is 31.2 Å². The zero-order valence-electron chi connectivity index (χ0n) is 15.7. The molecule has 1 heterocycles. The lowest BCUT2D eigenvalue weighted by Gasteiger charge is -2.25. The van der Waals surface area contributed by atoms with Gasteiger partial charge in [-0.05, 0) is 24.1 Å². The van der Waals surface area contributed by atoms with Gasteiger partial charge >= 0.3 is 11.9 Å². The molecular formula is C22H19NO6. The molecule has 0 saturated carbocycles. The molecule has 1 atom stereocenters. The van der Waals surface area contributed by atoms with E-state index < -0.39 is 22.8 Å². The Balaban J connectivity index is 2.05. The highest BCUT2D eigenvalue weighted by Crippen LogP contribution is 2.37. The van der Waals surface area contributed by atoms with Crippen LogP contribution in [0.15, 0.2) is 72.0 Å². The predicted octanol–water partition coefficient (Wildman–Crippen LogP) is 4.16. The number of nitro benzene ring substituents is 1. The van der Waals surface area contributed by atoms with Crippen LogP contribution in [0, 0.1) is 10.1 Å². The topological polar surface area (TPSA) is 95.7 Å². The molecule has 0 aliphatic carbocycles. The van der Waals surface area contributed by atoms with Crippen LogP contribution in [0.2, 0.25) is 0 Å². The van der Waals surface area contributed by atoms with Gasteiger partial charge in [0.15, 0.2) is 0 Å². The van der Waals surface area contributed by atoms with Gasteiger partial charge in [-0.2, -0.15) is 0 Å². The highest BCUT2D eigenvalue weighted by molar-refractivity contribution is 5.95. The van der Waals surface area contributed by atoms with Crippen LogP contribution in [0.3, 0.4) is 0 Å². The third-order valence-corrected chi connectivity index (χ3v) is 4.44. The second-order valence-corrected chi connectivity index (χ2v) is 6.32. The van der Waals surface area contributed by atoms with Crippen molar-refractivity contribution in [2.75, 3.05) is 6.61 Å². The van der Waals surface area contributed by atoms with E-state index in [4.69, 9.17) is 9.47 Å². The summed E-state index contributed by atoms with van der Waals surface area (Å²) < 4.78 is 10.5. The van der Waals surface area contributed by atoms with Gasteiger partial charge in [0, 0.05) is 18.1 Å². The van der Waals surface area contributed by atoms with Crippen LogP contribution in [-0.2, 0) is 19.1 Å². The molecule has 148 valence electrons. The Morgan fingerprint density at radius 3 is 2.48 bits per heavy atom. The molecule has 0 amide bonds. The molecule has 0 saturated heterocycles. The fraction of sp³-hybridized carbons (Fsp3) is 0.182. The van der Waals surface area contributed by atoms with E-state index in [1.807, 2.05) is 30.3 Å². The monoisotopic (exact) mass is 393 g/mol. The van der Waals surface area contributed by atoms with Crippen LogP contribution in [0.5, 0.6) is 0 Å². The molecule has 2 aromatic carbocycles. The molecule has 0 bridgehead atoms. The van der Waals surface area contributed by atoms with E-state index in [0.29, 0.717) is 5.56 Å². The molecule has 1 aliphatic rings. The molecule has 1 aliphatic heterocycles. The number of cyclic esters (lactones) is 1. The Morgan fingerprint density at radius 2 is 1.86 bits per heavy atom. The number of ether oxygens (including phenoxy) is 2. The van der Waals surface area contributed by atoms with Crippen LogP contribution in [0.25, 0.3) is 6.08 Å². The number of carbonyl (C=O) groups is 2. The third-order valence-electron chi connectivity index (χ3n) is 4.44. The Morgan fingerprint density at radius 1 is 1.17 bits per heavy atom. The van der Waals surface area contributed by atoms with Gasteiger partial charge in [-0.3, -0.25) is 14.9 Å². The summed E-state index contributed by atoms with van der Waals surface area (Å²) in [5, 5.41) is 10.9. The molecule has 0 unspecified atom stereocenters. The highest BCUT2D eigenvalue weighted by Gasteiger charge is 2.35. The minimum absolute atomic E-state index is 0.0609. The van der Waals surface area contributed by atoms with Gasteiger partial charge in [-0.25, -0.2) is 4.79 Å². The van der Waals surface area contributed by atoms with Gasteiger partial charge in [0.05, 0.1) is 23.5 Å².